The zero-order chi connectivity index (χ0) is 35.2. The van der Waals surface area contributed by atoms with Crippen LogP contribution in [0.1, 0.15) is 72.4 Å². The number of likely N-dealkylation sites (N-methyl/N-ethyl adjacent to an activating group) is 1. The fourth-order valence-corrected chi connectivity index (χ4v) is 6.40. The zero-order valence-electron chi connectivity index (χ0n) is 27.8. The van der Waals surface area contributed by atoms with Gasteiger partial charge in [-0.15, -0.1) is 0 Å². The number of carbonyl (C=O) groups excluding carboxylic acids is 4. The first-order valence-electron chi connectivity index (χ1n) is 15.9. The molecule has 0 spiro atoms. The van der Waals surface area contributed by atoms with Crippen LogP contribution in [0.2, 0.25) is 5.02 Å². The Morgan fingerprint density at radius 1 is 0.857 bits per heavy atom. The summed E-state index contributed by atoms with van der Waals surface area (Å²) in [5.41, 5.74) is 3.23. The van der Waals surface area contributed by atoms with Gasteiger partial charge in [0.05, 0.1) is 27.1 Å². The number of rotatable bonds is 6. The van der Waals surface area contributed by atoms with Gasteiger partial charge in [0.2, 0.25) is 11.8 Å². The summed E-state index contributed by atoms with van der Waals surface area (Å²) in [7, 11) is 1.62. The molecular weight excluding hydrogens is 647 g/mol. The highest BCUT2D eigenvalue weighted by atomic mass is 35.5. The number of halogens is 2. The summed E-state index contributed by atoms with van der Waals surface area (Å²) in [6, 6.07) is 13.3. The maximum Gasteiger partial charge on any atom is 0.257 e. The van der Waals surface area contributed by atoms with Crippen molar-refractivity contribution in [1.29, 1.82) is 0 Å². The van der Waals surface area contributed by atoms with E-state index in [0.717, 1.165) is 17.8 Å². The third-order valence-electron chi connectivity index (χ3n) is 9.30. The number of hydrogen-bond donors (Lipinski definition) is 2. The lowest BCUT2D eigenvalue weighted by atomic mass is 9.86. The highest BCUT2D eigenvalue weighted by Crippen LogP contribution is 2.45. The Morgan fingerprint density at radius 2 is 1.53 bits per heavy atom. The van der Waals surface area contributed by atoms with E-state index >= 15 is 0 Å². The molecule has 0 atom stereocenters. The van der Waals surface area contributed by atoms with E-state index in [4.69, 9.17) is 11.6 Å². The molecule has 7 rings (SSSR count). The monoisotopic (exact) mass is 682 g/mol. The lowest BCUT2D eigenvalue weighted by Gasteiger charge is -2.20. The second kappa shape index (κ2) is 12.7. The number of benzene rings is 2. The van der Waals surface area contributed by atoms with Crippen LogP contribution >= 0.6 is 11.6 Å². The Morgan fingerprint density at radius 3 is 2.20 bits per heavy atom. The molecule has 3 aliphatic rings. The zero-order valence-corrected chi connectivity index (χ0v) is 28.6. The summed E-state index contributed by atoms with van der Waals surface area (Å²) in [5, 5.41) is 5.58. The van der Waals surface area contributed by atoms with Crippen LogP contribution in [-0.2, 0) is 20.4 Å². The van der Waals surface area contributed by atoms with Gasteiger partial charge in [-0.1, -0.05) is 17.7 Å². The summed E-state index contributed by atoms with van der Waals surface area (Å²) in [5.74, 6) is -0.707. The molecule has 12 heteroatoms. The van der Waals surface area contributed by atoms with Gasteiger partial charge in [-0.2, -0.15) is 0 Å². The molecule has 0 saturated heterocycles. The number of amides is 4. The minimum absolute atomic E-state index is 0.0102. The molecule has 49 heavy (non-hydrogen) atoms. The largest absolute Gasteiger partial charge is 0.322 e. The first kappa shape index (κ1) is 33.7. The summed E-state index contributed by atoms with van der Waals surface area (Å²) in [4.78, 5) is 60.9. The third kappa shape index (κ3) is 6.38. The molecule has 2 aromatic carbocycles. The van der Waals surface area contributed by atoms with Crippen LogP contribution in [0.4, 0.5) is 27.1 Å². The van der Waals surface area contributed by atoms with Crippen LogP contribution in [0, 0.1) is 11.7 Å². The number of carbonyl (C=O) groups is 4. The van der Waals surface area contributed by atoms with Gasteiger partial charge in [-0.25, -0.2) is 4.39 Å². The van der Waals surface area contributed by atoms with Crippen molar-refractivity contribution in [2.24, 2.45) is 5.92 Å². The number of hydrogen-bond acceptors (Lipinski definition) is 6. The number of nitrogens with zero attached hydrogens (tertiary/aromatic N) is 4. The van der Waals surface area contributed by atoms with Crippen LogP contribution in [0.3, 0.4) is 0 Å². The molecule has 2 N–H and O–H groups in total. The Kier molecular flexibility index (Phi) is 8.74. The highest BCUT2D eigenvalue weighted by Gasteiger charge is 2.45. The van der Waals surface area contributed by atoms with Crippen molar-refractivity contribution in [2.75, 3.05) is 34.0 Å². The number of aromatic nitrogens is 2. The van der Waals surface area contributed by atoms with Crippen LogP contribution in [0.25, 0.3) is 0 Å². The fraction of sp³-hybridized carbons (Fsp3) is 0.297. The summed E-state index contributed by atoms with van der Waals surface area (Å²) < 4.78 is 14.4. The predicted octanol–water partition coefficient (Wildman–Crippen LogP) is 6.75. The molecule has 0 radical (unpaired) electrons. The van der Waals surface area contributed by atoms with Gasteiger partial charge in [0.1, 0.15) is 5.82 Å². The van der Waals surface area contributed by atoms with Crippen molar-refractivity contribution in [3.63, 3.8) is 0 Å². The van der Waals surface area contributed by atoms with Crippen LogP contribution in [0.15, 0.2) is 73.3 Å². The second-order valence-electron chi connectivity index (χ2n) is 13.6. The molecule has 252 valence electrons. The first-order chi connectivity index (χ1) is 23.2. The van der Waals surface area contributed by atoms with Crippen LogP contribution < -0.4 is 20.4 Å². The van der Waals surface area contributed by atoms with Crippen molar-refractivity contribution < 1.29 is 23.6 Å². The van der Waals surface area contributed by atoms with Gasteiger partial charge in [0.25, 0.3) is 11.8 Å². The molecule has 4 aromatic rings. The average molecular weight is 683 g/mol. The molecule has 10 nitrogen and oxygen atoms in total. The second-order valence-corrected chi connectivity index (χ2v) is 14.0. The van der Waals surface area contributed by atoms with E-state index in [9.17, 15) is 23.6 Å². The molecule has 0 unspecified atom stereocenters. The molecule has 2 aliphatic heterocycles. The van der Waals surface area contributed by atoms with Crippen molar-refractivity contribution in [3.05, 3.63) is 106 Å². The van der Waals surface area contributed by atoms with Crippen molar-refractivity contribution in [3.8, 4) is 0 Å². The molecule has 1 fully saturated rings. The molecule has 1 saturated carbocycles. The van der Waals surface area contributed by atoms with Gasteiger partial charge in [0, 0.05) is 61.0 Å². The number of pyridine rings is 2. The standard InChI is InChI=1S/C20H21N3O2.C17H15ClFN3O2/c1-20(2)16-6-5-15(22-18(24)14-7-9-21-10-8-14)11-17(16)23(19(20)25)12-13-3-4-13;1-17(2)10-6-12(19)13(7-14(10)22(3)16(17)24)21-15(23)9-4-5-20-8-11(9)18/h5-11,13H,3-4,12H2,1-2H3,(H,22,24);4-8H,1-3H3,(H,21,23). The third-order valence-corrected chi connectivity index (χ3v) is 9.61. The predicted molar refractivity (Wildman–Crippen MR) is 187 cm³/mol. The van der Waals surface area contributed by atoms with E-state index in [0.29, 0.717) is 28.4 Å². The van der Waals surface area contributed by atoms with Crippen molar-refractivity contribution in [1.82, 2.24) is 9.97 Å². The Balaban J connectivity index is 0.000000170. The minimum atomic E-state index is -0.804. The fourth-order valence-electron chi connectivity index (χ4n) is 6.20. The van der Waals surface area contributed by atoms with Crippen molar-refractivity contribution in [2.45, 2.75) is 51.4 Å². The maximum atomic E-state index is 14.4. The minimum Gasteiger partial charge on any atom is -0.322 e. The topological polar surface area (TPSA) is 125 Å². The Bertz CT molecular complexity index is 2000. The normalized spacial score (nSPS) is 16.8. The van der Waals surface area contributed by atoms with Crippen LogP contribution in [0.5, 0.6) is 0 Å². The molecule has 4 heterocycles. The summed E-state index contributed by atoms with van der Waals surface area (Å²) in [6.45, 7) is 8.20. The summed E-state index contributed by atoms with van der Waals surface area (Å²) in [6.07, 6.45) is 8.33. The van der Waals surface area contributed by atoms with Gasteiger partial charge in [-0.05, 0) is 100 Å². The lowest BCUT2D eigenvalue weighted by Crippen LogP contribution is -2.37. The maximum absolute atomic E-state index is 14.4. The number of fused-ring (bicyclic) bond motifs is 2. The quantitative estimate of drug-likeness (QED) is 0.232. The van der Waals surface area contributed by atoms with Crippen LogP contribution in [-0.4, -0.2) is 47.2 Å². The first-order valence-corrected chi connectivity index (χ1v) is 16.3. The molecule has 4 amide bonds. The molecule has 2 aromatic heterocycles. The molecule has 0 bridgehead atoms. The Labute approximate surface area is 288 Å². The van der Waals surface area contributed by atoms with E-state index in [-0.39, 0.29) is 34.0 Å². The highest BCUT2D eigenvalue weighted by molar-refractivity contribution is 6.34. The van der Waals surface area contributed by atoms with E-state index in [1.54, 1.807) is 45.4 Å². The van der Waals surface area contributed by atoms with E-state index in [1.807, 2.05) is 36.9 Å². The Hall–Kier alpha value is -5.16. The van der Waals surface area contributed by atoms with E-state index < -0.39 is 22.6 Å². The lowest BCUT2D eigenvalue weighted by molar-refractivity contribution is -0.122. The smallest absolute Gasteiger partial charge is 0.257 e. The molecular formula is C37H36ClFN6O4. The van der Waals surface area contributed by atoms with Crippen molar-refractivity contribution >= 4 is 58.0 Å². The van der Waals surface area contributed by atoms with Gasteiger partial charge in [0.15, 0.2) is 0 Å². The molecule has 1 aliphatic carbocycles. The van der Waals surface area contributed by atoms with Gasteiger partial charge in [-0.3, -0.25) is 29.1 Å². The van der Waals surface area contributed by atoms with Gasteiger partial charge < -0.3 is 20.4 Å². The average Bonchev–Trinajstić information content (AvgIpc) is 3.86. The number of nitrogens with one attached hydrogen (secondary N) is 2. The number of anilines is 4. The van der Waals surface area contributed by atoms with Gasteiger partial charge >= 0.3 is 0 Å². The summed E-state index contributed by atoms with van der Waals surface area (Å²) >= 11 is 5.93. The van der Waals surface area contributed by atoms with E-state index in [1.165, 1.54) is 48.3 Å². The van der Waals surface area contributed by atoms with E-state index in [2.05, 4.69) is 20.6 Å². The SMILES string of the molecule is CC1(C)C(=O)N(CC2CC2)c2cc(NC(=O)c3ccncc3)ccc21.CN1C(=O)C(C)(C)c2cc(F)c(NC(=O)c3ccncc3Cl)cc21.